The summed E-state index contributed by atoms with van der Waals surface area (Å²) in [7, 11) is 0. The van der Waals surface area contributed by atoms with E-state index in [4.69, 9.17) is 20.8 Å². The molecule has 20 heavy (non-hydrogen) atoms. The number of rotatable bonds is 6. The predicted molar refractivity (Wildman–Crippen MR) is 79.5 cm³/mol. The minimum absolute atomic E-state index is 0.249. The van der Waals surface area contributed by atoms with E-state index < -0.39 is 0 Å². The van der Waals surface area contributed by atoms with E-state index >= 15 is 0 Å². The van der Waals surface area contributed by atoms with Crippen LogP contribution < -0.4 is 10.1 Å². The Kier molecular flexibility index (Phi) is 5.04. The van der Waals surface area contributed by atoms with Gasteiger partial charge in [-0.2, -0.15) is 4.98 Å². The second-order valence-corrected chi connectivity index (χ2v) is 5.13. The van der Waals surface area contributed by atoms with Crippen molar-refractivity contribution in [3.8, 4) is 11.8 Å². The van der Waals surface area contributed by atoms with Gasteiger partial charge in [0.2, 0.25) is 0 Å². The van der Waals surface area contributed by atoms with Crippen molar-refractivity contribution in [3.05, 3.63) is 40.2 Å². The molecule has 2 aromatic rings. The first-order chi connectivity index (χ1) is 9.60. The Hall–Kier alpha value is -1.52. The Morgan fingerprint density at radius 1 is 1.30 bits per heavy atom. The summed E-state index contributed by atoms with van der Waals surface area (Å²) in [4.78, 5) is 4.27. The van der Waals surface area contributed by atoms with Crippen LogP contribution in [0.5, 0.6) is 11.8 Å². The molecule has 0 aliphatic rings. The zero-order chi connectivity index (χ0) is 14.5. The maximum Gasteiger partial charge on any atom is 0.399 e. The van der Waals surface area contributed by atoms with Crippen LogP contribution in [0.4, 0.5) is 0 Å². The van der Waals surface area contributed by atoms with E-state index in [-0.39, 0.29) is 6.08 Å². The lowest BCUT2D eigenvalue weighted by Gasteiger charge is -2.06. The van der Waals surface area contributed by atoms with Gasteiger partial charge in [-0.3, -0.25) is 0 Å². The fraction of sp³-hybridized carbons (Fsp3) is 0.400. The van der Waals surface area contributed by atoms with Crippen LogP contribution in [0.25, 0.3) is 0 Å². The molecule has 1 heterocycles. The van der Waals surface area contributed by atoms with E-state index in [2.05, 4.69) is 17.2 Å². The Morgan fingerprint density at radius 2 is 2.00 bits per heavy atom. The Balaban J connectivity index is 2.03. The van der Waals surface area contributed by atoms with E-state index in [1.807, 2.05) is 26.0 Å². The minimum Gasteiger partial charge on any atom is -0.417 e. The Labute approximate surface area is 124 Å². The van der Waals surface area contributed by atoms with Gasteiger partial charge in [0.1, 0.15) is 12.0 Å². The van der Waals surface area contributed by atoms with Crippen molar-refractivity contribution in [2.24, 2.45) is 0 Å². The zero-order valence-electron chi connectivity index (χ0n) is 12.0. The van der Waals surface area contributed by atoms with Gasteiger partial charge in [0.25, 0.3) is 0 Å². The number of benzene rings is 1. The standard InChI is InChI=1S/C15H19ClN2O2/c1-4-5-17-8-12-9-19-15(18-12)20-13-6-10(2)14(16)11(3)7-13/h6-7,9,17H,4-5,8H2,1-3H3. The quantitative estimate of drug-likeness (QED) is 0.810. The van der Waals surface area contributed by atoms with Crippen LogP contribution in [-0.2, 0) is 6.54 Å². The van der Waals surface area contributed by atoms with Crippen molar-refractivity contribution in [1.82, 2.24) is 10.3 Å². The molecule has 1 aromatic carbocycles. The first-order valence-electron chi connectivity index (χ1n) is 6.70. The molecule has 0 saturated carbocycles. The van der Waals surface area contributed by atoms with E-state index in [1.165, 1.54) is 0 Å². The normalized spacial score (nSPS) is 10.8. The lowest BCUT2D eigenvalue weighted by Crippen LogP contribution is -2.13. The van der Waals surface area contributed by atoms with Gasteiger partial charge >= 0.3 is 6.08 Å². The maximum absolute atomic E-state index is 6.12. The molecule has 0 fully saturated rings. The highest BCUT2D eigenvalue weighted by Crippen LogP contribution is 2.28. The molecule has 0 spiro atoms. The SMILES string of the molecule is CCCNCc1coc(Oc2cc(C)c(Cl)c(C)c2)n1. The molecule has 0 atom stereocenters. The first-order valence-corrected chi connectivity index (χ1v) is 7.07. The summed E-state index contributed by atoms with van der Waals surface area (Å²) >= 11 is 6.12. The third-order valence-electron chi connectivity index (χ3n) is 2.88. The van der Waals surface area contributed by atoms with Crippen LogP contribution in [0.1, 0.15) is 30.2 Å². The van der Waals surface area contributed by atoms with Gasteiger partial charge in [-0.15, -0.1) is 0 Å². The second kappa shape index (κ2) is 6.77. The summed E-state index contributed by atoms with van der Waals surface area (Å²) in [5.74, 6) is 0.680. The van der Waals surface area contributed by atoms with Crippen molar-refractivity contribution in [1.29, 1.82) is 0 Å². The zero-order valence-corrected chi connectivity index (χ0v) is 12.8. The monoisotopic (exact) mass is 294 g/mol. The maximum atomic E-state index is 6.12. The number of aryl methyl sites for hydroxylation is 2. The summed E-state index contributed by atoms with van der Waals surface area (Å²) in [6.45, 7) is 7.64. The second-order valence-electron chi connectivity index (χ2n) is 4.75. The van der Waals surface area contributed by atoms with Gasteiger partial charge in [0.15, 0.2) is 0 Å². The van der Waals surface area contributed by atoms with Gasteiger partial charge in [-0.05, 0) is 50.1 Å². The van der Waals surface area contributed by atoms with Gasteiger partial charge in [0, 0.05) is 11.6 Å². The molecule has 0 amide bonds. The highest BCUT2D eigenvalue weighted by Gasteiger charge is 2.09. The number of nitrogens with zero attached hydrogens (tertiary/aromatic N) is 1. The van der Waals surface area contributed by atoms with Crippen molar-refractivity contribution in [3.63, 3.8) is 0 Å². The third-order valence-corrected chi connectivity index (χ3v) is 3.47. The Morgan fingerprint density at radius 3 is 2.65 bits per heavy atom. The fourth-order valence-electron chi connectivity index (χ4n) is 1.88. The van der Waals surface area contributed by atoms with Gasteiger partial charge < -0.3 is 14.5 Å². The molecule has 108 valence electrons. The summed E-state index contributed by atoms with van der Waals surface area (Å²) in [5, 5.41) is 4.02. The topological polar surface area (TPSA) is 47.3 Å². The smallest absolute Gasteiger partial charge is 0.399 e. The fourth-order valence-corrected chi connectivity index (χ4v) is 1.98. The molecule has 1 aromatic heterocycles. The van der Waals surface area contributed by atoms with E-state index in [0.717, 1.165) is 34.8 Å². The number of ether oxygens (including phenoxy) is 1. The van der Waals surface area contributed by atoms with Gasteiger partial charge in [-0.1, -0.05) is 18.5 Å². The van der Waals surface area contributed by atoms with Crippen LogP contribution in [0.3, 0.4) is 0 Å². The average Bonchev–Trinajstić information content (AvgIpc) is 2.84. The van der Waals surface area contributed by atoms with E-state index in [1.54, 1.807) is 6.26 Å². The van der Waals surface area contributed by atoms with Crippen LogP contribution in [-0.4, -0.2) is 11.5 Å². The Bertz CT molecular complexity index is 558. The molecule has 1 N–H and O–H groups in total. The molecular weight excluding hydrogens is 276 g/mol. The van der Waals surface area contributed by atoms with Crippen molar-refractivity contribution >= 4 is 11.6 Å². The van der Waals surface area contributed by atoms with Crippen LogP contribution in [0, 0.1) is 13.8 Å². The van der Waals surface area contributed by atoms with Crippen molar-refractivity contribution in [2.45, 2.75) is 33.7 Å². The molecule has 0 aliphatic carbocycles. The molecule has 2 rings (SSSR count). The molecule has 0 unspecified atom stereocenters. The number of hydrogen-bond donors (Lipinski definition) is 1. The molecule has 0 aliphatic heterocycles. The highest BCUT2D eigenvalue weighted by molar-refractivity contribution is 6.32. The third kappa shape index (κ3) is 3.74. The summed E-state index contributed by atoms with van der Waals surface area (Å²) in [5.41, 5.74) is 2.77. The summed E-state index contributed by atoms with van der Waals surface area (Å²) in [6, 6.07) is 3.74. The number of halogens is 1. The van der Waals surface area contributed by atoms with E-state index in [9.17, 15) is 0 Å². The lowest BCUT2D eigenvalue weighted by molar-refractivity contribution is 0.330. The number of aromatic nitrogens is 1. The lowest BCUT2D eigenvalue weighted by atomic mass is 10.1. The molecule has 0 radical (unpaired) electrons. The molecule has 4 nitrogen and oxygen atoms in total. The predicted octanol–water partition coefficient (Wildman–Crippen LogP) is 4.24. The van der Waals surface area contributed by atoms with Crippen LogP contribution >= 0.6 is 11.6 Å². The van der Waals surface area contributed by atoms with Crippen molar-refractivity contribution in [2.75, 3.05) is 6.54 Å². The number of oxazole rings is 1. The van der Waals surface area contributed by atoms with Crippen molar-refractivity contribution < 1.29 is 9.15 Å². The van der Waals surface area contributed by atoms with Crippen LogP contribution in [0.2, 0.25) is 5.02 Å². The molecule has 5 heteroatoms. The number of nitrogens with one attached hydrogen (secondary N) is 1. The van der Waals surface area contributed by atoms with Gasteiger partial charge in [0.05, 0.1) is 5.69 Å². The summed E-state index contributed by atoms with van der Waals surface area (Å²) in [6.07, 6.45) is 2.94. The largest absolute Gasteiger partial charge is 0.417 e. The first kappa shape index (κ1) is 14.9. The highest BCUT2D eigenvalue weighted by atomic mass is 35.5. The number of hydrogen-bond acceptors (Lipinski definition) is 4. The van der Waals surface area contributed by atoms with Gasteiger partial charge in [-0.25, -0.2) is 0 Å². The molecule has 0 saturated heterocycles. The average molecular weight is 295 g/mol. The minimum atomic E-state index is 0.249. The molecular formula is C15H19ClN2O2. The summed E-state index contributed by atoms with van der Waals surface area (Å²) < 4.78 is 10.9. The molecule has 0 bridgehead atoms. The van der Waals surface area contributed by atoms with Crippen LogP contribution in [0.15, 0.2) is 22.8 Å². The van der Waals surface area contributed by atoms with E-state index in [0.29, 0.717) is 12.3 Å².